The van der Waals surface area contributed by atoms with Gasteiger partial charge in [0.1, 0.15) is 0 Å². The maximum Gasteiger partial charge on any atom is 0.227 e. The number of para-hydroxylation sites is 1. The molecule has 4 rings (SSSR count). The van der Waals surface area contributed by atoms with Crippen molar-refractivity contribution in [3.05, 3.63) is 65.2 Å². The average Bonchev–Trinajstić information content (AvgIpc) is 2.75. The number of nitrogens with zero attached hydrogens (tertiary/aromatic N) is 1. The second-order valence-corrected chi connectivity index (χ2v) is 5.32. The molecule has 2 heterocycles. The molecule has 1 unspecified atom stereocenters. The highest BCUT2D eigenvalue weighted by Gasteiger charge is 2.37. The molecule has 1 atom stereocenters. The minimum absolute atomic E-state index is 0.229. The van der Waals surface area contributed by atoms with Crippen molar-refractivity contribution in [2.75, 3.05) is 4.90 Å². The predicted octanol–water partition coefficient (Wildman–Crippen LogP) is 3.46. The fourth-order valence-corrected chi connectivity index (χ4v) is 3.40. The number of amides is 1. The maximum absolute atomic E-state index is 12.3. The van der Waals surface area contributed by atoms with Crippen molar-refractivity contribution >= 4 is 11.6 Å². The van der Waals surface area contributed by atoms with Gasteiger partial charge in [-0.05, 0) is 35.6 Å². The molecule has 2 heteroatoms. The molecule has 1 amide bonds. The molecular formula is C17H15NO. The lowest BCUT2D eigenvalue weighted by molar-refractivity contribution is -0.117. The van der Waals surface area contributed by atoms with Crippen LogP contribution >= 0.6 is 0 Å². The lowest BCUT2D eigenvalue weighted by Gasteiger charge is -2.25. The van der Waals surface area contributed by atoms with Gasteiger partial charge in [-0.1, -0.05) is 42.5 Å². The zero-order valence-corrected chi connectivity index (χ0v) is 10.7. The number of carbonyl (C=O) groups excluding carboxylic acids is 1. The third-order valence-corrected chi connectivity index (χ3v) is 4.26. The first-order valence-electron chi connectivity index (χ1n) is 6.82. The van der Waals surface area contributed by atoms with Crippen LogP contribution in [-0.4, -0.2) is 5.91 Å². The Kier molecular flexibility index (Phi) is 2.25. The Bertz CT molecular complexity index is 662. The third kappa shape index (κ3) is 1.53. The number of fused-ring (bicyclic) bond motifs is 5. The molecular weight excluding hydrogens is 234 g/mol. The first kappa shape index (κ1) is 10.8. The average molecular weight is 249 g/mol. The monoisotopic (exact) mass is 249 g/mol. The van der Waals surface area contributed by atoms with Crippen LogP contribution in [0.2, 0.25) is 0 Å². The summed E-state index contributed by atoms with van der Waals surface area (Å²) in [5.41, 5.74) is 5.04. The van der Waals surface area contributed by atoms with E-state index in [9.17, 15) is 4.79 Å². The van der Waals surface area contributed by atoms with Gasteiger partial charge in [0.15, 0.2) is 0 Å². The molecule has 0 saturated carbocycles. The minimum Gasteiger partial charge on any atom is -0.305 e. The van der Waals surface area contributed by atoms with E-state index >= 15 is 0 Å². The van der Waals surface area contributed by atoms with E-state index in [1.165, 1.54) is 16.7 Å². The molecule has 2 aliphatic rings. The molecule has 0 radical (unpaired) electrons. The Balaban J connectivity index is 1.98. The number of hydrogen-bond donors (Lipinski definition) is 0. The molecule has 94 valence electrons. The zero-order valence-electron chi connectivity index (χ0n) is 10.7. The topological polar surface area (TPSA) is 20.3 Å². The largest absolute Gasteiger partial charge is 0.305 e. The predicted molar refractivity (Wildman–Crippen MR) is 75.2 cm³/mol. The van der Waals surface area contributed by atoms with Crippen molar-refractivity contribution in [1.82, 2.24) is 0 Å². The van der Waals surface area contributed by atoms with Crippen molar-refractivity contribution in [3.8, 4) is 0 Å². The maximum atomic E-state index is 12.3. The minimum atomic E-state index is 0.229. The lowest BCUT2D eigenvalue weighted by Crippen LogP contribution is -2.27. The summed E-state index contributed by atoms with van der Waals surface area (Å²) in [5, 5.41) is 0. The molecule has 0 N–H and O–H groups in total. The number of rotatable bonds is 0. The van der Waals surface area contributed by atoms with Crippen LogP contribution in [0.3, 0.4) is 0 Å². The summed E-state index contributed by atoms with van der Waals surface area (Å²) in [6, 6.07) is 17.1. The van der Waals surface area contributed by atoms with Crippen LogP contribution in [0.15, 0.2) is 48.5 Å². The standard InChI is InChI=1S/C17H15NO/c19-17-10-9-16-14-7-3-1-5-12(14)11-13-6-2-4-8-15(13)18(16)17/h1-8,16H,9-11H2. The number of hydrogen-bond acceptors (Lipinski definition) is 1. The fraction of sp³-hybridized carbons (Fsp3) is 0.235. The highest BCUT2D eigenvalue weighted by atomic mass is 16.2. The van der Waals surface area contributed by atoms with Crippen LogP contribution in [0, 0.1) is 0 Å². The van der Waals surface area contributed by atoms with Crippen LogP contribution in [0.5, 0.6) is 0 Å². The molecule has 0 aromatic heterocycles. The van der Waals surface area contributed by atoms with E-state index in [4.69, 9.17) is 0 Å². The normalized spacial score (nSPS) is 20.5. The van der Waals surface area contributed by atoms with Crippen molar-refractivity contribution in [2.45, 2.75) is 25.3 Å². The SMILES string of the molecule is O=C1CCC2c3ccccc3Cc3ccccc3N12. The molecule has 1 saturated heterocycles. The van der Waals surface area contributed by atoms with E-state index in [2.05, 4.69) is 42.5 Å². The van der Waals surface area contributed by atoms with Gasteiger partial charge in [-0.2, -0.15) is 0 Å². The Morgan fingerprint density at radius 1 is 0.947 bits per heavy atom. The number of benzene rings is 2. The Labute approximate surface area is 112 Å². The first-order valence-corrected chi connectivity index (χ1v) is 6.82. The van der Waals surface area contributed by atoms with E-state index in [1.54, 1.807) is 0 Å². The van der Waals surface area contributed by atoms with E-state index in [-0.39, 0.29) is 11.9 Å². The van der Waals surface area contributed by atoms with Gasteiger partial charge in [0.05, 0.1) is 6.04 Å². The van der Waals surface area contributed by atoms with Gasteiger partial charge in [-0.15, -0.1) is 0 Å². The Hall–Kier alpha value is -2.09. The zero-order chi connectivity index (χ0) is 12.8. The van der Waals surface area contributed by atoms with E-state index in [0.29, 0.717) is 6.42 Å². The lowest BCUT2D eigenvalue weighted by atomic mass is 9.96. The van der Waals surface area contributed by atoms with E-state index < -0.39 is 0 Å². The van der Waals surface area contributed by atoms with Crippen molar-refractivity contribution in [3.63, 3.8) is 0 Å². The smallest absolute Gasteiger partial charge is 0.227 e. The molecule has 0 bridgehead atoms. The van der Waals surface area contributed by atoms with Crippen LogP contribution in [0.4, 0.5) is 5.69 Å². The highest BCUT2D eigenvalue weighted by molar-refractivity contribution is 5.97. The van der Waals surface area contributed by atoms with Crippen LogP contribution in [0.1, 0.15) is 35.6 Å². The number of carbonyl (C=O) groups is 1. The molecule has 2 aromatic rings. The fourth-order valence-electron chi connectivity index (χ4n) is 3.40. The summed E-state index contributed by atoms with van der Waals surface area (Å²) in [4.78, 5) is 14.3. The van der Waals surface area contributed by atoms with E-state index in [0.717, 1.165) is 18.5 Å². The second kappa shape index (κ2) is 3.95. The molecule has 2 aromatic carbocycles. The van der Waals surface area contributed by atoms with Gasteiger partial charge in [-0.3, -0.25) is 4.79 Å². The second-order valence-electron chi connectivity index (χ2n) is 5.32. The molecule has 0 aliphatic carbocycles. The van der Waals surface area contributed by atoms with E-state index in [1.807, 2.05) is 11.0 Å². The van der Waals surface area contributed by atoms with Crippen molar-refractivity contribution in [1.29, 1.82) is 0 Å². The van der Waals surface area contributed by atoms with Gasteiger partial charge in [0.2, 0.25) is 5.91 Å². The van der Waals surface area contributed by atoms with Crippen LogP contribution in [-0.2, 0) is 11.2 Å². The Morgan fingerprint density at radius 2 is 1.68 bits per heavy atom. The molecule has 19 heavy (non-hydrogen) atoms. The van der Waals surface area contributed by atoms with Gasteiger partial charge in [-0.25, -0.2) is 0 Å². The van der Waals surface area contributed by atoms with Crippen LogP contribution < -0.4 is 4.90 Å². The molecule has 1 fully saturated rings. The van der Waals surface area contributed by atoms with Crippen molar-refractivity contribution < 1.29 is 4.79 Å². The summed E-state index contributed by atoms with van der Waals surface area (Å²) in [5.74, 6) is 0.258. The van der Waals surface area contributed by atoms with Crippen molar-refractivity contribution in [2.24, 2.45) is 0 Å². The summed E-state index contributed by atoms with van der Waals surface area (Å²) in [6.07, 6.45) is 2.52. The third-order valence-electron chi connectivity index (χ3n) is 4.26. The van der Waals surface area contributed by atoms with Crippen LogP contribution in [0.25, 0.3) is 0 Å². The van der Waals surface area contributed by atoms with Gasteiger partial charge >= 0.3 is 0 Å². The van der Waals surface area contributed by atoms with Gasteiger partial charge in [0, 0.05) is 12.1 Å². The quantitative estimate of drug-likeness (QED) is 0.700. The Morgan fingerprint density at radius 3 is 2.58 bits per heavy atom. The summed E-state index contributed by atoms with van der Waals surface area (Å²) in [7, 11) is 0. The molecule has 0 spiro atoms. The summed E-state index contributed by atoms with van der Waals surface area (Å²) >= 11 is 0. The molecule has 2 aliphatic heterocycles. The highest BCUT2D eigenvalue weighted by Crippen LogP contribution is 2.43. The number of anilines is 1. The molecule has 2 nitrogen and oxygen atoms in total. The summed E-state index contributed by atoms with van der Waals surface area (Å²) in [6.45, 7) is 0. The van der Waals surface area contributed by atoms with Gasteiger partial charge in [0.25, 0.3) is 0 Å². The van der Waals surface area contributed by atoms with Gasteiger partial charge < -0.3 is 4.90 Å². The summed E-state index contributed by atoms with van der Waals surface area (Å²) < 4.78 is 0. The first-order chi connectivity index (χ1) is 9.34.